The molecule has 1 aliphatic rings. The topological polar surface area (TPSA) is 64.6 Å². The minimum Gasteiger partial charge on any atom is -0.454 e. The first-order valence-corrected chi connectivity index (χ1v) is 11.0. The molecule has 0 radical (unpaired) electrons. The highest BCUT2D eigenvalue weighted by Crippen LogP contribution is 2.33. The van der Waals surface area contributed by atoms with Gasteiger partial charge in [0, 0.05) is 23.4 Å². The number of aryl methyl sites for hydroxylation is 1. The van der Waals surface area contributed by atoms with Crippen molar-refractivity contribution in [2.75, 3.05) is 19.1 Å². The normalized spacial score (nSPS) is 12.5. The Labute approximate surface area is 171 Å². The Morgan fingerprint density at radius 1 is 1.21 bits per heavy atom. The molecule has 3 heterocycles. The van der Waals surface area contributed by atoms with Gasteiger partial charge in [-0.2, -0.15) is 0 Å². The lowest BCUT2D eigenvalue weighted by molar-refractivity contribution is -0.128. The number of carbonyl (C=O) groups is 1. The summed E-state index contributed by atoms with van der Waals surface area (Å²) in [6, 6.07) is 7.94. The van der Waals surface area contributed by atoms with Crippen molar-refractivity contribution in [3.05, 3.63) is 41.0 Å². The lowest BCUT2D eigenvalue weighted by Gasteiger charge is -2.21. The van der Waals surface area contributed by atoms with Gasteiger partial charge in [0.25, 0.3) is 0 Å². The Balaban J connectivity index is 1.43. The molecule has 0 bridgehead atoms. The molecule has 0 unspecified atom stereocenters. The molecule has 2 aromatic heterocycles. The van der Waals surface area contributed by atoms with E-state index in [0.717, 1.165) is 38.7 Å². The highest BCUT2D eigenvalue weighted by molar-refractivity contribution is 8.00. The van der Waals surface area contributed by atoms with E-state index in [4.69, 9.17) is 9.47 Å². The largest absolute Gasteiger partial charge is 0.454 e. The lowest BCUT2D eigenvalue weighted by Crippen LogP contribution is -2.31. The van der Waals surface area contributed by atoms with Gasteiger partial charge in [-0.25, -0.2) is 9.97 Å². The van der Waals surface area contributed by atoms with Gasteiger partial charge in [0.2, 0.25) is 12.7 Å². The van der Waals surface area contributed by atoms with Gasteiger partial charge in [0.05, 0.1) is 5.75 Å². The first-order valence-electron chi connectivity index (χ1n) is 9.20. The van der Waals surface area contributed by atoms with E-state index in [1.807, 2.05) is 30.0 Å². The minimum atomic E-state index is 0.0860. The van der Waals surface area contributed by atoms with E-state index in [-0.39, 0.29) is 12.7 Å². The average molecular weight is 416 g/mol. The van der Waals surface area contributed by atoms with E-state index in [1.165, 1.54) is 16.6 Å². The summed E-state index contributed by atoms with van der Waals surface area (Å²) < 4.78 is 10.8. The number of amides is 1. The second-order valence-corrected chi connectivity index (χ2v) is 8.43. The van der Waals surface area contributed by atoms with Crippen LogP contribution in [0.15, 0.2) is 35.6 Å². The average Bonchev–Trinajstić information content (AvgIpc) is 3.36. The number of hydrogen-bond donors (Lipinski definition) is 0. The van der Waals surface area contributed by atoms with Crippen molar-refractivity contribution in [3.63, 3.8) is 0 Å². The molecule has 6 nitrogen and oxygen atoms in total. The number of nitrogens with zero attached hydrogens (tertiary/aromatic N) is 3. The molecule has 146 valence electrons. The summed E-state index contributed by atoms with van der Waals surface area (Å²) in [7, 11) is 0. The Bertz CT molecular complexity index is 1010. The molecule has 0 spiro atoms. The third-order valence-electron chi connectivity index (χ3n) is 4.57. The Kier molecular flexibility index (Phi) is 5.68. The third-order valence-corrected chi connectivity index (χ3v) is 6.75. The van der Waals surface area contributed by atoms with Crippen LogP contribution in [0.4, 0.5) is 0 Å². The van der Waals surface area contributed by atoms with E-state index >= 15 is 0 Å². The number of rotatable bonds is 7. The molecule has 28 heavy (non-hydrogen) atoms. The van der Waals surface area contributed by atoms with E-state index in [1.54, 1.807) is 17.7 Å². The van der Waals surface area contributed by atoms with E-state index in [9.17, 15) is 4.79 Å². The summed E-state index contributed by atoms with van der Waals surface area (Å²) in [6.45, 7) is 5.56. The number of fused-ring (bicyclic) bond motifs is 2. The number of thioether (sulfide) groups is 1. The fourth-order valence-corrected chi connectivity index (χ4v) is 4.91. The molecule has 0 atom stereocenters. The summed E-state index contributed by atoms with van der Waals surface area (Å²) in [4.78, 5) is 25.6. The number of ether oxygens (including phenoxy) is 2. The fourth-order valence-electron chi connectivity index (χ4n) is 3.03. The first kappa shape index (κ1) is 19.0. The van der Waals surface area contributed by atoms with Crippen molar-refractivity contribution < 1.29 is 14.3 Å². The second kappa shape index (κ2) is 8.36. The van der Waals surface area contributed by atoms with Crippen molar-refractivity contribution in [2.24, 2.45) is 0 Å². The summed E-state index contributed by atoms with van der Waals surface area (Å²) in [5, 5.41) is 1.91. The van der Waals surface area contributed by atoms with Crippen LogP contribution in [-0.2, 0) is 17.8 Å². The third kappa shape index (κ3) is 3.93. The van der Waals surface area contributed by atoms with E-state index in [2.05, 4.69) is 23.0 Å². The molecule has 8 heteroatoms. The molecule has 0 N–H and O–H groups in total. The molecule has 1 aliphatic heterocycles. The van der Waals surface area contributed by atoms with Gasteiger partial charge < -0.3 is 14.4 Å². The summed E-state index contributed by atoms with van der Waals surface area (Å²) in [6.07, 6.45) is 2.55. The van der Waals surface area contributed by atoms with Gasteiger partial charge in [-0.15, -0.1) is 11.3 Å². The van der Waals surface area contributed by atoms with Crippen LogP contribution in [0, 0.1) is 0 Å². The standard InChI is InChI=1S/C20H21N3O3S2/c1-3-14-8-15-19(21-11-22-20(15)28-14)27-10-18(24)23(4-2)9-13-5-6-16-17(7-13)26-12-25-16/h5-8,11H,3-4,9-10,12H2,1-2H3. The number of benzene rings is 1. The summed E-state index contributed by atoms with van der Waals surface area (Å²) in [5.41, 5.74) is 1.03. The van der Waals surface area contributed by atoms with E-state index < -0.39 is 0 Å². The minimum absolute atomic E-state index is 0.0860. The van der Waals surface area contributed by atoms with Crippen molar-refractivity contribution in [1.82, 2.24) is 14.9 Å². The maximum atomic E-state index is 12.8. The van der Waals surface area contributed by atoms with Crippen LogP contribution >= 0.6 is 23.1 Å². The Morgan fingerprint density at radius 3 is 2.89 bits per heavy atom. The number of thiophene rings is 1. The number of aromatic nitrogens is 2. The monoisotopic (exact) mass is 415 g/mol. The van der Waals surface area contributed by atoms with Crippen molar-refractivity contribution in [2.45, 2.75) is 31.8 Å². The number of hydrogen-bond acceptors (Lipinski definition) is 7. The Morgan fingerprint density at radius 2 is 2.07 bits per heavy atom. The summed E-state index contributed by atoms with van der Waals surface area (Å²) in [5.74, 6) is 1.93. The highest BCUT2D eigenvalue weighted by atomic mass is 32.2. The van der Waals surface area contributed by atoms with Gasteiger partial charge >= 0.3 is 0 Å². The van der Waals surface area contributed by atoms with Gasteiger partial charge in [0.1, 0.15) is 16.2 Å². The molecular weight excluding hydrogens is 394 g/mol. The molecule has 4 rings (SSSR count). The molecular formula is C20H21N3O3S2. The molecule has 0 saturated heterocycles. The van der Waals surface area contributed by atoms with Crippen molar-refractivity contribution in [3.8, 4) is 11.5 Å². The maximum Gasteiger partial charge on any atom is 0.233 e. The maximum absolute atomic E-state index is 12.8. The first-order chi connectivity index (χ1) is 13.7. The molecule has 3 aromatic rings. The van der Waals surface area contributed by atoms with Crippen LogP contribution < -0.4 is 9.47 Å². The van der Waals surface area contributed by atoms with Gasteiger partial charge in [-0.3, -0.25) is 4.79 Å². The van der Waals surface area contributed by atoms with Gasteiger partial charge in [-0.1, -0.05) is 24.8 Å². The van der Waals surface area contributed by atoms with Crippen LogP contribution in [0.1, 0.15) is 24.3 Å². The molecule has 1 aromatic carbocycles. The number of carbonyl (C=O) groups excluding carboxylic acids is 1. The Hall–Kier alpha value is -2.32. The summed E-state index contributed by atoms with van der Waals surface area (Å²) >= 11 is 3.16. The van der Waals surface area contributed by atoms with Gasteiger partial charge in [0.15, 0.2) is 11.5 Å². The van der Waals surface area contributed by atoms with Crippen LogP contribution in [-0.4, -0.2) is 39.9 Å². The smallest absolute Gasteiger partial charge is 0.233 e. The molecule has 0 aliphatic carbocycles. The van der Waals surface area contributed by atoms with Crippen molar-refractivity contribution >= 4 is 39.2 Å². The van der Waals surface area contributed by atoms with Crippen LogP contribution in [0.2, 0.25) is 0 Å². The SMILES string of the molecule is CCc1cc2c(SCC(=O)N(CC)Cc3ccc4c(c3)OCO4)ncnc2s1. The van der Waals surface area contributed by atoms with Crippen LogP contribution in [0.25, 0.3) is 10.2 Å². The van der Waals surface area contributed by atoms with Crippen LogP contribution in [0.3, 0.4) is 0 Å². The van der Waals surface area contributed by atoms with Gasteiger partial charge in [-0.05, 0) is 37.1 Å². The van der Waals surface area contributed by atoms with Crippen molar-refractivity contribution in [1.29, 1.82) is 0 Å². The lowest BCUT2D eigenvalue weighted by atomic mass is 10.2. The zero-order valence-electron chi connectivity index (χ0n) is 15.8. The zero-order chi connectivity index (χ0) is 19.5. The predicted octanol–water partition coefficient (Wildman–Crippen LogP) is 4.12. The predicted molar refractivity (Wildman–Crippen MR) is 111 cm³/mol. The van der Waals surface area contributed by atoms with E-state index in [0.29, 0.717) is 18.8 Å². The zero-order valence-corrected chi connectivity index (χ0v) is 17.4. The molecule has 0 saturated carbocycles. The quantitative estimate of drug-likeness (QED) is 0.427. The fraction of sp³-hybridized carbons (Fsp3) is 0.350. The highest BCUT2D eigenvalue weighted by Gasteiger charge is 2.18. The molecule has 1 amide bonds. The molecule has 0 fully saturated rings. The van der Waals surface area contributed by atoms with Crippen LogP contribution in [0.5, 0.6) is 11.5 Å². The second-order valence-electron chi connectivity index (χ2n) is 6.35.